The molecule has 3 nitrogen and oxygen atoms in total. The van der Waals surface area contributed by atoms with Gasteiger partial charge in [0.1, 0.15) is 0 Å². The lowest BCUT2D eigenvalue weighted by molar-refractivity contribution is -0.137. The minimum Gasteiger partial charge on any atom is -0.495 e. The molecular formula is C9H16O3. The van der Waals surface area contributed by atoms with Gasteiger partial charge in [0.15, 0.2) is 0 Å². The summed E-state index contributed by atoms with van der Waals surface area (Å²) < 4.78 is 9.82. The number of rotatable bonds is 3. The molecule has 0 aliphatic carbocycles. The lowest BCUT2D eigenvalue weighted by Crippen LogP contribution is -2.15. The molecule has 0 saturated heterocycles. The van der Waals surface area contributed by atoms with Crippen molar-refractivity contribution < 1.29 is 14.3 Å². The van der Waals surface area contributed by atoms with Gasteiger partial charge in [-0.25, -0.2) is 4.79 Å². The van der Waals surface area contributed by atoms with E-state index in [1.54, 1.807) is 6.92 Å². The van der Waals surface area contributed by atoms with Crippen molar-refractivity contribution in [3.05, 3.63) is 12.3 Å². The molecule has 0 aliphatic rings. The normalized spacial score (nSPS) is 11.7. The Hall–Kier alpha value is -0.990. The molecule has 0 fully saturated rings. The first-order chi connectivity index (χ1) is 5.45. The molecule has 3 heteroatoms. The predicted octanol–water partition coefficient (Wildman–Crippen LogP) is 1.88. The smallest absolute Gasteiger partial charge is 0.333 e. The maximum Gasteiger partial charge on any atom is 0.333 e. The van der Waals surface area contributed by atoms with Crippen molar-refractivity contribution >= 4 is 5.97 Å². The minimum atomic E-state index is -0.373. The molecule has 0 bridgehead atoms. The fourth-order valence-corrected chi connectivity index (χ4v) is 0.484. The van der Waals surface area contributed by atoms with Gasteiger partial charge in [-0.15, -0.1) is 0 Å². The molecular weight excluding hydrogens is 156 g/mol. The molecule has 70 valence electrons. The van der Waals surface area contributed by atoms with Crippen molar-refractivity contribution in [1.82, 2.24) is 0 Å². The zero-order valence-corrected chi connectivity index (χ0v) is 8.09. The Labute approximate surface area is 73.4 Å². The molecule has 0 unspecified atom stereocenters. The molecule has 0 amide bonds. The Morgan fingerprint density at radius 1 is 1.42 bits per heavy atom. The molecule has 0 N–H and O–H groups in total. The second kappa shape index (κ2) is 4.80. The third-order valence-corrected chi connectivity index (χ3v) is 0.912. The highest BCUT2D eigenvalue weighted by molar-refractivity contribution is 5.81. The Morgan fingerprint density at radius 2 is 2.00 bits per heavy atom. The van der Waals surface area contributed by atoms with E-state index in [0.29, 0.717) is 6.61 Å². The zero-order valence-electron chi connectivity index (χ0n) is 8.09. The zero-order chi connectivity index (χ0) is 9.61. The maximum atomic E-state index is 10.7. The lowest BCUT2D eigenvalue weighted by atomic mass is 10.2. The topological polar surface area (TPSA) is 35.5 Å². The van der Waals surface area contributed by atoms with E-state index in [-0.39, 0.29) is 11.6 Å². The monoisotopic (exact) mass is 172 g/mol. The number of hydrogen-bond donors (Lipinski definition) is 0. The molecule has 0 aromatic rings. The first-order valence-corrected chi connectivity index (χ1v) is 3.97. The van der Waals surface area contributed by atoms with Gasteiger partial charge in [-0.2, -0.15) is 0 Å². The summed E-state index contributed by atoms with van der Waals surface area (Å²) in [6.45, 7) is 7.86. The summed E-state index contributed by atoms with van der Waals surface area (Å²) in [5.74, 6) is -0.373. The van der Waals surface area contributed by atoms with Gasteiger partial charge in [0, 0.05) is 0 Å². The van der Waals surface area contributed by atoms with E-state index in [4.69, 9.17) is 4.74 Å². The van der Waals surface area contributed by atoms with Crippen LogP contribution in [0.1, 0.15) is 27.7 Å². The van der Waals surface area contributed by atoms with E-state index in [9.17, 15) is 4.79 Å². The third kappa shape index (κ3) is 7.12. The molecule has 12 heavy (non-hydrogen) atoms. The van der Waals surface area contributed by atoms with Crippen molar-refractivity contribution in [3.8, 4) is 0 Å². The van der Waals surface area contributed by atoms with Crippen LogP contribution in [0.2, 0.25) is 0 Å². The summed E-state index contributed by atoms with van der Waals surface area (Å²) in [6.07, 6.45) is 2.63. The Balaban J connectivity index is 3.69. The van der Waals surface area contributed by atoms with Gasteiger partial charge in [0.05, 0.1) is 24.5 Å². The predicted molar refractivity (Wildman–Crippen MR) is 46.6 cm³/mol. The van der Waals surface area contributed by atoms with E-state index in [1.165, 1.54) is 12.3 Å². The molecule has 0 aromatic heterocycles. The molecule has 0 heterocycles. The van der Waals surface area contributed by atoms with Crippen LogP contribution in [0.4, 0.5) is 0 Å². The average molecular weight is 172 g/mol. The van der Waals surface area contributed by atoms with Crippen LogP contribution in [0.5, 0.6) is 0 Å². The van der Waals surface area contributed by atoms with Crippen molar-refractivity contribution in [1.29, 1.82) is 0 Å². The van der Waals surface area contributed by atoms with Crippen molar-refractivity contribution in [2.75, 3.05) is 6.61 Å². The fourth-order valence-electron chi connectivity index (χ4n) is 0.484. The second-order valence-corrected chi connectivity index (χ2v) is 3.29. The van der Waals surface area contributed by atoms with Crippen LogP contribution >= 0.6 is 0 Å². The highest BCUT2D eigenvalue weighted by Crippen LogP contribution is 2.06. The third-order valence-electron chi connectivity index (χ3n) is 0.912. The van der Waals surface area contributed by atoms with Gasteiger partial charge >= 0.3 is 5.97 Å². The van der Waals surface area contributed by atoms with Gasteiger partial charge < -0.3 is 9.47 Å². The SMILES string of the molecule is CCOC(=O)C=COC(C)(C)C. The highest BCUT2D eigenvalue weighted by Gasteiger charge is 2.07. The second-order valence-electron chi connectivity index (χ2n) is 3.29. The molecule has 0 aliphatic heterocycles. The van der Waals surface area contributed by atoms with Crippen molar-refractivity contribution in [2.45, 2.75) is 33.3 Å². The van der Waals surface area contributed by atoms with Crippen LogP contribution < -0.4 is 0 Å². The largest absolute Gasteiger partial charge is 0.495 e. The van der Waals surface area contributed by atoms with Gasteiger partial charge in [-0.05, 0) is 27.7 Å². The van der Waals surface area contributed by atoms with E-state index < -0.39 is 0 Å². The van der Waals surface area contributed by atoms with Gasteiger partial charge in [0.25, 0.3) is 0 Å². The number of carbonyl (C=O) groups is 1. The number of esters is 1. The number of carbonyl (C=O) groups excluding carboxylic acids is 1. The van der Waals surface area contributed by atoms with E-state index >= 15 is 0 Å². The first kappa shape index (κ1) is 11.0. The van der Waals surface area contributed by atoms with Crippen LogP contribution in [-0.2, 0) is 14.3 Å². The average Bonchev–Trinajstić information content (AvgIpc) is 1.84. The van der Waals surface area contributed by atoms with Crippen LogP contribution in [0.15, 0.2) is 12.3 Å². The Kier molecular flexibility index (Phi) is 4.40. The Morgan fingerprint density at radius 3 is 2.42 bits per heavy atom. The van der Waals surface area contributed by atoms with Crippen LogP contribution in [0.25, 0.3) is 0 Å². The summed E-state index contributed by atoms with van der Waals surface area (Å²) >= 11 is 0. The first-order valence-electron chi connectivity index (χ1n) is 3.97. The summed E-state index contributed by atoms with van der Waals surface area (Å²) in [4.78, 5) is 10.7. The fraction of sp³-hybridized carbons (Fsp3) is 0.667. The van der Waals surface area contributed by atoms with Crippen molar-refractivity contribution in [2.24, 2.45) is 0 Å². The molecule has 0 saturated carbocycles. The summed E-state index contributed by atoms with van der Waals surface area (Å²) in [7, 11) is 0. The molecule has 0 rings (SSSR count). The summed E-state index contributed by atoms with van der Waals surface area (Å²) in [5, 5.41) is 0. The van der Waals surface area contributed by atoms with Crippen LogP contribution in [0.3, 0.4) is 0 Å². The molecule has 0 aromatic carbocycles. The summed E-state index contributed by atoms with van der Waals surface area (Å²) in [6, 6.07) is 0. The Bertz CT molecular complexity index is 165. The minimum absolute atomic E-state index is 0.261. The molecule has 0 radical (unpaired) electrons. The van der Waals surface area contributed by atoms with Crippen molar-refractivity contribution in [3.63, 3.8) is 0 Å². The number of ether oxygens (including phenoxy) is 2. The van der Waals surface area contributed by atoms with Gasteiger partial charge in [-0.1, -0.05) is 0 Å². The van der Waals surface area contributed by atoms with Crippen LogP contribution in [-0.4, -0.2) is 18.2 Å². The maximum absolute atomic E-state index is 10.7. The van der Waals surface area contributed by atoms with E-state index in [1.807, 2.05) is 20.8 Å². The standard InChI is InChI=1S/C9H16O3/c1-5-11-8(10)6-7-12-9(2,3)4/h6-7H,5H2,1-4H3. The lowest BCUT2D eigenvalue weighted by Gasteiger charge is -2.17. The highest BCUT2D eigenvalue weighted by atomic mass is 16.5. The van der Waals surface area contributed by atoms with E-state index in [2.05, 4.69) is 4.74 Å². The van der Waals surface area contributed by atoms with E-state index in [0.717, 1.165) is 0 Å². The van der Waals surface area contributed by atoms with Crippen LogP contribution in [0, 0.1) is 0 Å². The van der Waals surface area contributed by atoms with Gasteiger partial charge in [-0.3, -0.25) is 0 Å². The van der Waals surface area contributed by atoms with Gasteiger partial charge in [0.2, 0.25) is 0 Å². The quantitative estimate of drug-likeness (QED) is 0.370. The molecule has 0 atom stereocenters. The number of hydrogen-bond acceptors (Lipinski definition) is 3. The molecule has 0 spiro atoms. The summed E-state index contributed by atoms with van der Waals surface area (Å²) in [5.41, 5.74) is -0.261.